The van der Waals surface area contributed by atoms with Gasteiger partial charge in [0.25, 0.3) is 0 Å². The maximum Gasteiger partial charge on any atom is 0.229 e. The Kier molecular flexibility index (Phi) is 6.40. The van der Waals surface area contributed by atoms with E-state index < -0.39 is 0 Å². The first-order valence-corrected chi connectivity index (χ1v) is 12.1. The van der Waals surface area contributed by atoms with Crippen molar-refractivity contribution in [3.63, 3.8) is 0 Å². The molecule has 0 N–H and O–H groups in total. The van der Waals surface area contributed by atoms with E-state index in [2.05, 4.69) is 38.9 Å². The second kappa shape index (κ2) is 9.78. The van der Waals surface area contributed by atoms with Gasteiger partial charge in [-0.25, -0.2) is 9.97 Å². The van der Waals surface area contributed by atoms with Crippen LogP contribution in [0, 0.1) is 6.92 Å². The van der Waals surface area contributed by atoms with Gasteiger partial charge in [0.2, 0.25) is 5.89 Å². The highest BCUT2D eigenvalue weighted by Crippen LogP contribution is 2.34. The van der Waals surface area contributed by atoms with Crippen LogP contribution in [-0.2, 0) is 0 Å². The monoisotopic (exact) mass is 467 g/mol. The van der Waals surface area contributed by atoms with Crippen LogP contribution in [-0.4, -0.2) is 39.0 Å². The first-order chi connectivity index (χ1) is 17.0. The van der Waals surface area contributed by atoms with Gasteiger partial charge in [-0.15, -0.1) is 0 Å². The normalized spacial score (nSPS) is 14.5. The minimum atomic E-state index is -0.0121. The molecule has 1 aliphatic rings. The van der Waals surface area contributed by atoms with Crippen LogP contribution in [0.4, 0.5) is 5.82 Å². The largest absolute Gasteiger partial charge is 0.356 e. The van der Waals surface area contributed by atoms with E-state index in [0.717, 1.165) is 60.3 Å². The summed E-state index contributed by atoms with van der Waals surface area (Å²) in [5, 5.41) is 4.12. The number of carbonyl (C=O) groups is 1. The molecule has 0 spiro atoms. The van der Waals surface area contributed by atoms with Crippen LogP contribution in [0.5, 0.6) is 0 Å². The van der Waals surface area contributed by atoms with E-state index in [1.54, 1.807) is 6.33 Å². The van der Waals surface area contributed by atoms with Gasteiger partial charge in [0.05, 0.1) is 5.69 Å². The summed E-state index contributed by atoms with van der Waals surface area (Å²) in [4.78, 5) is 29.4. The van der Waals surface area contributed by atoms with E-state index in [0.29, 0.717) is 11.1 Å². The standard InChI is InChI=1S/C28H29N5O2/c1-18(2)26-31-28(35-32-26)21-13-15-33(16-14-21)27-19(3)24(29-17-30-27)22-11-7-8-12-23(22)25(34)20-9-5-4-6-10-20/h4-12,17-18,21H,13-16H2,1-3H3. The van der Waals surface area contributed by atoms with E-state index in [1.165, 1.54) is 0 Å². The Hall–Kier alpha value is -3.87. The smallest absolute Gasteiger partial charge is 0.229 e. The van der Waals surface area contributed by atoms with Crippen molar-refractivity contribution in [2.24, 2.45) is 0 Å². The fraction of sp³-hybridized carbons (Fsp3) is 0.321. The van der Waals surface area contributed by atoms with Crippen molar-refractivity contribution < 1.29 is 9.32 Å². The zero-order valence-electron chi connectivity index (χ0n) is 20.3. The number of hydrogen-bond acceptors (Lipinski definition) is 7. The van der Waals surface area contributed by atoms with Crippen molar-refractivity contribution in [1.29, 1.82) is 0 Å². The average molecular weight is 468 g/mol. The van der Waals surface area contributed by atoms with Crippen LogP contribution >= 0.6 is 0 Å². The molecule has 3 heterocycles. The van der Waals surface area contributed by atoms with Crippen molar-refractivity contribution in [2.45, 2.75) is 45.4 Å². The lowest BCUT2D eigenvalue weighted by atomic mass is 9.94. The molecule has 2 aromatic heterocycles. The molecular weight excluding hydrogens is 438 g/mol. The molecule has 7 nitrogen and oxygen atoms in total. The summed E-state index contributed by atoms with van der Waals surface area (Å²) in [6.45, 7) is 7.85. The highest BCUT2D eigenvalue weighted by molar-refractivity contribution is 6.12. The molecular formula is C28H29N5O2. The third-order valence-corrected chi connectivity index (χ3v) is 6.64. The summed E-state index contributed by atoms with van der Waals surface area (Å²) < 4.78 is 5.54. The molecule has 4 aromatic rings. The van der Waals surface area contributed by atoms with Crippen LogP contribution in [0.1, 0.15) is 71.7 Å². The van der Waals surface area contributed by atoms with Crippen LogP contribution in [0.2, 0.25) is 0 Å². The fourth-order valence-electron chi connectivity index (χ4n) is 4.65. The molecule has 1 fully saturated rings. The Morgan fingerprint density at radius 2 is 1.71 bits per heavy atom. The first kappa shape index (κ1) is 22.9. The summed E-state index contributed by atoms with van der Waals surface area (Å²) in [6.07, 6.45) is 3.43. The topological polar surface area (TPSA) is 85.0 Å². The SMILES string of the molecule is Cc1c(-c2ccccc2C(=O)c2ccccc2)ncnc1N1CCC(c2nc(C(C)C)no2)CC1. The number of benzene rings is 2. The minimum absolute atomic E-state index is 0.0121. The highest BCUT2D eigenvalue weighted by Gasteiger charge is 2.28. The molecule has 0 unspecified atom stereocenters. The third-order valence-electron chi connectivity index (χ3n) is 6.64. The number of ketones is 1. The van der Waals surface area contributed by atoms with Gasteiger partial charge < -0.3 is 9.42 Å². The number of anilines is 1. The molecule has 178 valence electrons. The molecule has 5 rings (SSSR count). The molecule has 7 heteroatoms. The van der Waals surface area contributed by atoms with Crippen molar-refractivity contribution in [3.8, 4) is 11.3 Å². The van der Waals surface area contributed by atoms with Crippen molar-refractivity contribution in [3.05, 3.63) is 89.3 Å². The first-order valence-electron chi connectivity index (χ1n) is 12.1. The number of rotatable bonds is 6. The van der Waals surface area contributed by atoms with Gasteiger partial charge in [0, 0.05) is 47.2 Å². The van der Waals surface area contributed by atoms with Gasteiger partial charge in [-0.05, 0) is 19.8 Å². The fourth-order valence-corrected chi connectivity index (χ4v) is 4.65. The third kappa shape index (κ3) is 4.58. The van der Waals surface area contributed by atoms with E-state index in [9.17, 15) is 4.79 Å². The lowest BCUT2D eigenvalue weighted by molar-refractivity contribution is 0.103. The molecule has 0 amide bonds. The summed E-state index contributed by atoms with van der Waals surface area (Å²) in [5.74, 6) is 2.92. The molecule has 35 heavy (non-hydrogen) atoms. The second-order valence-corrected chi connectivity index (χ2v) is 9.32. The van der Waals surface area contributed by atoms with Crippen molar-refractivity contribution >= 4 is 11.6 Å². The zero-order chi connectivity index (χ0) is 24.4. The number of aromatic nitrogens is 4. The highest BCUT2D eigenvalue weighted by atomic mass is 16.5. The number of piperidine rings is 1. The van der Waals surface area contributed by atoms with Crippen LogP contribution < -0.4 is 4.90 Å². The van der Waals surface area contributed by atoms with E-state index >= 15 is 0 Å². The van der Waals surface area contributed by atoms with Crippen LogP contribution in [0.25, 0.3) is 11.3 Å². The predicted octanol–water partition coefficient (Wildman–Crippen LogP) is 5.57. The molecule has 2 aromatic carbocycles. The van der Waals surface area contributed by atoms with Crippen LogP contribution in [0.15, 0.2) is 65.4 Å². The molecule has 0 bridgehead atoms. The Balaban J connectivity index is 1.39. The van der Waals surface area contributed by atoms with E-state index in [4.69, 9.17) is 4.52 Å². The molecule has 0 aliphatic carbocycles. The lowest BCUT2D eigenvalue weighted by Gasteiger charge is -2.32. The van der Waals surface area contributed by atoms with Gasteiger partial charge in [-0.1, -0.05) is 73.6 Å². The van der Waals surface area contributed by atoms with E-state index in [1.807, 2.05) is 61.5 Å². The summed E-state index contributed by atoms with van der Waals surface area (Å²) in [5.41, 5.74) is 3.89. The number of carbonyl (C=O) groups excluding carboxylic acids is 1. The van der Waals surface area contributed by atoms with Crippen molar-refractivity contribution in [1.82, 2.24) is 20.1 Å². The molecule has 0 radical (unpaired) electrons. The quantitative estimate of drug-likeness (QED) is 0.343. The summed E-state index contributed by atoms with van der Waals surface area (Å²) in [6, 6.07) is 17.0. The summed E-state index contributed by atoms with van der Waals surface area (Å²) >= 11 is 0. The van der Waals surface area contributed by atoms with Gasteiger partial charge in [-0.3, -0.25) is 4.79 Å². The minimum Gasteiger partial charge on any atom is -0.356 e. The average Bonchev–Trinajstić information content (AvgIpc) is 3.40. The Morgan fingerprint density at radius 3 is 2.43 bits per heavy atom. The van der Waals surface area contributed by atoms with Gasteiger partial charge in [0.1, 0.15) is 12.1 Å². The number of nitrogens with zero attached hydrogens (tertiary/aromatic N) is 5. The van der Waals surface area contributed by atoms with Crippen molar-refractivity contribution in [2.75, 3.05) is 18.0 Å². The molecule has 0 atom stereocenters. The summed E-state index contributed by atoms with van der Waals surface area (Å²) in [7, 11) is 0. The second-order valence-electron chi connectivity index (χ2n) is 9.32. The zero-order valence-corrected chi connectivity index (χ0v) is 20.3. The molecule has 0 saturated carbocycles. The van der Waals surface area contributed by atoms with Crippen LogP contribution in [0.3, 0.4) is 0 Å². The van der Waals surface area contributed by atoms with Gasteiger partial charge in [-0.2, -0.15) is 4.98 Å². The predicted molar refractivity (Wildman–Crippen MR) is 135 cm³/mol. The maximum atomic E-state index is 13.3. The Morgan fingerprint density at radius 1 is 1.00 bits per heavy atom. The Labute approximate surface area is 205 Å². The van der Waals surface area contributed by atoms with E-state index in [-0.39, 0.29) is 17.6 Å². The molecule has 1 aliphatic heterocycles. The van der Waals surface area contributed by atoms with Gasteiger partial charge in [0.15, 0.2) is 11.6 Å². The molecule has 1 saturated heterocycles. The maximum absolute atomic E-state index is 13.3. The lowest BCUT2D eigenvalue weighted by Crippen LogP contribution is -2.34. The number of hydrogen-bond donors (Lipinski definition) is 0. The van der Waals surface area contributed by atoms with Gasteiger partial charge >= 0.3 is 0 Å². The Bertz CT molecular complexity index is 1320.